The molecule has 0 spiro atoms. The van der Waals surface area contributed by atoms with E-state index in [1.165, 1.54) is 24.3 Å². The van der Waals surface area contributed by atoms with Gasteiger partial charge in [-0.3, -0.25) is 49.2 Å². The van der Waals surface area contributed by atoms with Crippen molar-refractivity contribution in [3.8, 4) is 0 Å². The van der Waals surface area contributed by atoms with Gasteiger partial charge >= 0.3 is 0 Å². The first-order chi connectivity index (χ1) is 20.1. The first kappa shape index (κ1) is 26.7. The van der Waals surface area contributed by atoms with Crippen LogP contribution in [0.25, 0.3) is 21.5 Å². The van der Waals surface area contributed by atoms with Crippen LogP contribution >= 0.6 is 0 Å². The maximum absolute atomic E-state index is 13.3. The molecule has 0 fully saturated rings. The standard InChI is InChI=1S/C29H21N5O8/c1-30(8-10-31-26(35)20-6-2-4-16-12-18(33(39)40)14-22(24(16)20)28(31)37)9-11-32-27(36)21-7-3-5-17-13-19(34(41)42)15-23(25(17)21)29(32)38/h2-7,12-15H,8-11H2,1H3. The highest BCUT2D eigenvalue weighted by molar-refractivity contribution is 6.26. The molecule has 0 bridgehead atoms. The number of imide groups is 2. The lowest BCUT2D eigenvalue weighted by Gasteiger charge is -2.30. The molecule has 4 aromatic rings. The lowest BCUT2D eigenvalue weighted by molar-refractivity contribution is -0.384. The molecular weight excluding hydrogens is 546 g/mol. The van der Waals surface area contributed by atoms with Crippen molar-refractivity contribution >= 4 is 56.5 Å². The average Bonchev–Trinajstić information content (AvgIpc) is 2.97. The SMILES string of the molecule is CN(CCN1C(=O)c2cccc3cc([N+](=O)[O-])cc(c23)C1=O)CCN1C(=O)c2cccc3cc([N+](=O)[O-])cc(c23)C1=O. The van der Waals surface area contributed by atoms with E-state index in [9.17, 15) is 39.4 Å². The summed E-state index contributed by atoms with van der Waals surface area (Å²) >= 11 is 0. The van der Waals surface area contributed by atoms with Crippen LogP contribution in [0, 0.1) is 20.2 Å². The molecule has 0 atom stereocenters. The molecule has 6 rings (SSSR count). The lowest BCUT2D eigenvalue weighted by atomic mass is 9.93. The van der Waals surface area contributed by atoms with Crippen LogP contribution in [0.15, 0.2) is 60.7 Å². The van der Waals surface area contributed by atoms with Gasteiger partial charge in [-0.25, -0.2) is 0 Å². The normalized spacial score (nSPS) is 14.4. The van der Waals surface area contributed by atoms with Crippen LogP contribution in [0.1, 0.15) is 41.4 Å². The zero-order chi connectivity index (χ0) is 29.9. The quantitative estimate of drug-likeness (QED) is 0.176. The fourth-order valence-corrected chi connectivity index (χ4v) is 5.55. The molecular formula is C29H21N5O8. The number of nitrogens with zero attached hydrogens (tertiary/aromatic N) is 5. The van der Waals surface area contributed by atoms with Crippen molar-refractivity contribution < 1.29 is 29.0 Å². The minimum absolute atomic E-state index is 0.0388. The molecule has 13 nitrogen and oxygen atoms in total. The van der Waals surface area contributed by atoms with Gasteiger partial charge in [0.15, 0.2) is 0 Å². The summed E-state index contributed by atoms with van der Waals surface area (Å²) in [5, 5.41) is 24.4. The van der Waals surface area contributed by atoms with Gasteiger partial charge in [-0.2, -0.15) is 0 Å². The topological polar surface area (TPSA) is 164 Å². The Morgan fingerprint density at radius 2 is 1.00 bits per heavy atom. The van der Waals surface area contributed by atoms with E-state index in [0.717, 1.165) is 9.80 Å². The molecule has 0 saturated carbocycles. The third-order valence-electron chi connectivity index (χ3n) is 7.66. The highest BCUT2D eigenvalue weighted by Gasteiger charge is 2.36. The third-order valence-corrected chi connectivity index (χ3v) is 7.66. The van der Waals surface area contributed by atoms with Crippen molar-refractivity contribution in [2.75, 3.05) is 33.2 Å². The van der Waals surface area contributed by atoms with Crippen molar-refractivity contribution in [1.82, 2.24) is 14.7 Å². The predicted molar refractivity (Wildman–Crippen MR) is 149 cm³/mol. The van der Waals surface area contributed by atoms with Crippen LogP contribution in [0.3, 0.4) is 0 Å². The molecule has 210 valence electrons. The van der Waals surface area contributed by atoms with Crippen molar-refractivity contribution in [1.29, 1.82) is 0 Å². The van der Waals surface area contributed by atoms with Gasteiger partial charge in [0.25, 0.3) is 35.0 Å². The number of nitro benzene ring substituents is 2. The minimum Gasteiger partial charge on any atom is -0.303 e. The summed E-state index contributed by atoms with van der Waals surface area (Å²) in [6.07, 6.45) is 0. The molecule has 0 aromatic heterocycles. The Morgan fingerprint density at radius 3 is 1.38 bits per heavy atom. The lowest BCUT2D eigenvalue weighted by Crippen LogP contribution is -2.46. The molecule has 0 saturated heterocycles. The molecule has 0 N–H and O–H groups in total. The van der Waals surface area contributed by atoms with E-state index in [1.807, 2.05) is 0 Å². The van der Waals surface area contributed by atoms with Crippen molar-refractivity contribution in [2.24, 2.45) is 0 Å². The average molecular weight is 568 g/mol. The number of hydrogen-bond donors (Lipinski definition) is 0. The number of hydrogen-bond acceptors (Lipinski definition) is 9. The Labute approximate surface area is 236 Å². The van der Waals surface area contributed by atoms with Crippen LogP contribution in [-0.2, 0) is 0 Å². The second-order valence-electron chi connectivity index (χ2n) is 10.1. The zero-order valence-corrected chi connectivity index (χ0v) is 22.1. The second-order valence-corrected chi connectivity index (χ2v) is 10.1. The molecule has 4 aromatic carbocycles. The number of nitro groups is 2. The first-order valence-electron chi connectivity index (χ1n) is 12.9. The molecule has 42 heavy (non-hydrogen) atoms. The van der Waals surface area contributed by atoms with Crippen LogP contribution in [-0.4, -0.2) is 81.4 Å². The minimum atomic E-state index is -0.645. The van der Waals surface area contributed by atoms with Crippen molar-refractivity contribution in [3.63, 3.8) is 0 Å². The summed E-state index contributed by atoms with van der Waals surface area (Å²) in [5.41, 5.74) is 0.171. The highest BCUT2D eigenvalue weighted by Crippen LogP contribution is 2.35. The maximum atomic E-state index is 13.3. The van der Waals surface area contributed by atoms with Gasteiger partial charge in [-0.15, -0.1) is 0 Å². The summed E-state index contributed by atoms with van der Waals surface area (Å²) in [5.74, 6) is -2.33. The number of likely N-dealkylation sites (N-methyl/N-ethyl adjacent to an activating group) is 1. The monoisotopic (exact) mass is 567 g/mol. The van der Waals surface area contributed by atoms with Crippen LogP contribution in [0.5, 0.6) is 0 Å². The maximum Gasteiger partial charge on any atom is 0.270 e. The Kier molecular flexibility index (Phi) is 6.23. The van der Waals surface area contributed by atoms with Crippen molar-refractivity contribution in [3.05, 3.63) is 103 Å². The number of carbonyl (C=O) groups is 4. The van der Waals surface area contributed by atoms with Crippen LogP contribution < -0.4 is 0 Å². The van der Waals surface area contributed by atoms with Crippen molar-refractivity contribution in [2.45, 2.75) is 0 Å². The molecule has 0 radical (unpaired) electrons. The first-order valence-corrected chi connectivity index (χ1v) is 12.9. The van der Waals surface area contributed by atoms with Crippen LogP contribution in [0.4, 0.5) is 11.4 Å². The Hall–Kier alpha value is -5.56. The Bertz CT molecular complexity index is 1780. The van der Waals surface area contributed by atoms with Gasteiger partial charge in [0, 0.05) is 72.3 Å². The van der Waals surface area contributed by atoms with Gasteiger partial charge in [0.05, 0.1) is 21.0 Å². The van der Waals surface area contributed by atoms with Gasteiger partial charge in [0.1, 0.15) is 0 Å². The fraction of sp³-hybridized carbons (Fsp3) is 0.172. The predicted octanol–water partition coefficient (Wildman–Crippen LogP) is 3.63. The smallest absolute Gasteiger partial charge is 0.270 e. The van der Waals surface area contributed by atoms with Gasteiger partial charge in [-0.1, -0.05) is 24.3 Å². The summed E-state index contributed by atoms with van der Waals surface area (Å²) in [7, 11) is 1.69. The second kappa shape index (κ2) is 9.82. The van der Waals surface area contributed by atoms with E-state index in [4.69, 9.17) is 0 Å². The Morgan fingerprint density at radius 1 is 0.619 bits per heavy atom. The number of carbonyl (C=O) groups excluding carboxylic acids is 4. The highest BCUT2D eigenvalue weighted by atomic mass is 16.6. The number of non-ortho nitro benzene ring substituents is 2. The largest absolute Gasteiger partial charge is 0.303 e. The molecule has 0 unspecified atom stereocenters. The molecule has 2 heterocycles. The Balaban J connectivity index is 1.18. The molecule has 2 aliphatic heterocycles. The summed E-state index contributed by atoms with van der Waals surface area (Å²) in [4.78, 5) is 78.5. The van der Waals surface area contributed by atoms with E-state index in [2.05, 4.69) is 0 Å². The summed E-state index contributed by atoms with van der Waals surface area (Å²) in [6, 6.07) is 14.6. The van der Waals surface area contributed by atoms with Gasteiger partial charge in [0.2, 0.25) is 0 Å². The van der Waals surface area contributed by atoms with Crippen LogP contribution in [0.2, 0.25) is 0 Å². The number of rotatable bonds is 8. The van der Waals surface area contributed by atoms with E-state index in [1.54, 1.807) is 48.3 Å². The number of benzene rings is 4. The third kappa shape index (κ3) is 4.14. The van der Waals surface area contributed by atoms with E-state index >= 15 is 0 Å². The molecule has 0 aliphatic carbocycles. The van der Waals surface area contributed by atoms with E-state index < -0.39 is 33.5 Å². The molecule has 13 heteroatoms. The van der Waals surface area contributed by atoms with E-state index in [-0.39, 0.29) is 59.8 Å². The fourth-order valence-electron chi connectivity index (χ4n) is 5.55. The number of amides is 4. The summed E-state index contributed by atoms with van der Waals surface area (Å²) < 4.78 is 0. The van der Waals surface area contributed by atoms with E-state index in [0.29, 0.717) is 21.5 Å². The van der Waals surface area contributed by atoms with Gasteiger partial charge in [-0.05, 0) is 30.0 Å². The summed E-state index contributed by atoms with van der Waals surface area (Å²) in [6.45, 7) is 0.295. The molecule has 2 aliphatic rings. The van der Waals surface area contributed by atoms with Gasteiger partial charge < -0.3 is 4.90 Å². The molecule has 4 amide bonds. The zero-order valence-electron chi connectivity index (χ0n) is 22.1.